The van der Waals surface area contributed by atoms with E-state index in [0.29, 0.717) is 22.9 Å². The Kier molecular flexibility index (Phi) is 4.55. The topological polar surface area (TPSA) is 72.6 Å². The molecule has 2 N–H and O–H groups in total. The number of hydrogen-bond donors (Lipinski definition) is 1. The van der Waals surface area contributed by atoms with Crippen LogP contribution in [0.15, 0.2) is 35.2 Å². The number of nitrogens with zero attached hydrogens (tertiary/aromatic N) is 1. The number of aryl methyl sites for hydroxylation is 1. The maximum absolute atomic E-state index is 12.7. The van der Waals surface area contributed by atoms with Gasteiger partial charge in [0, 0.05) is 23.3 Å². The van der Waals surface area contributed by atoms with E-state index in [1.54, 1.807) is 44.4 Å². The van der Waals surface area contributed by atoms with Crippen LogP contribution >= 0.6 is 11.3 Å². The van der Waals surface area contributed by atoms with E-state index in [-0.39, 0.29) is 0 Å². The van der Waals surface area contributed by atoms with Gasteiger partial charge >= 0.3 is 0 Å². The second-order valence-electron chi connectivity index (χ2n) is 4.51. The molecule has 1 aromatic carbocycles. The summed E-state index contributed by atoms with van der Waals surface area (Å²) in [6.45, 7) is 2.13. The highest BCUT2D eigenvalue weighted by molar-refractivity contribution is 7.93. The van der Waals surface area contributed by atoms with Gasteiger partial charge in [0.15, 0.2) is 0 Å². The van der Waals surface area contributed by atoms with E-state index in [1.165, 1.54) is 22.7 Å². The van der Waals surface area contributed by atoms with Gasteiger partial charge in [-0.2, -0.15) is 0 Å². The first-order valence-electron chi connectivity index (χ1n) is 6.32. The number of thiophene rings is 1. The minimum atomic E-state index is -3.58. The molecule has 7 heteroatoms. The van der Waals surface area contributed by atoms with Gasteiger partial charge in [0.2, 0.25) is 0 Å². The molecule has 0 fully saturated rings. The molecule has 0 bridgehead atoms. The SMILES string of the molecule is COc1ccc(N(C)S(=O)(=O)c2cc(CN)sc2C)cc1. The number of ether oxygens (including phenoxy) is 1. The lowest BCUT2D eigenvalue weighted by Crippen LogP contribution is -2.26. The molecule has 0 unspecified atom stereocenters. The number of rotatable bonds is 5. The quantitative estimate of drug-likeness (QED) is 0.915. The Bertz CT molecular complexity index is 721. The maximum Gasteiger partial charge on any atom is 0.265 e. The Labute approximate surface area is 129 Å². The van der Waals surface area contributed by atoms with Crippen molar-refractivity contribution in [1.82, 2.24) is 0 Å². The van der Waals surface area contributed by atoms with Crippen molar-refractivity contribution in [3.8, 4) is 5.75 Å². The maximum atomic E-state index is 12.7. The van der Waals surface area contributed by atoms with E-state index in [1.807, 2.05) is 0 Å². The highest BCUT2D eigenvalue weighted by Crippen LogP contribution is 2.30. The number of benzene rings is 1. The minimum Gasteiger partial charge on any atom is -0.497 e. The van der Waals surface area contributed by atoms with Gasteiger partial charge in [-0.3, -0.25) is 4.31 Å². The standard InChI is InChI=1S/C14H18N2O3S2/c1-10-14(8-13(9-15)20-10)21(17,18)16(2)11-4-6-12(19-3)7-5-11/h4-8H,9,15H2,1-3H3. The average molecular weight is 326 g/mol. The van der Waals surface area contributed by atoms with Crippen LogP contribution in [0.5, 0.6) is 5.75 Å². The van der Waals surface area contributed by atoms with Gasteiger partial charge in [-0.15, -0.1) is 11.3 Å². The third-order valence-corrected chi connectivity index (χ3v) is 6.31. The first-order valence-corrected chi connectivity index (χ1v) is 8.58. The molecule has 2 aromatic rings. The van der Waals surface area contributed by atoms with E-state index in [4.69, 9.17) is 10.5 Å². The number of anilines is 1. The van der Waals surface area contributed by atoms with Gasteiger partial charge in [-0.25, -0.2) is 8.42 Å². The normalized spacial score (nSPS) is 11.4. The summed E-state index contributed by atoms with van der Waals surface area (Å²) in [5.41, 5.74) is 6.16. The molecule has 0 aliphatic rings. The van der Waals surface area contributed by atoms with Gasteiger partial charge in [0.25, 0.3) is 10.0 Å². The summed E-state index contributed by atoms with van der Waals surface area (Å²) in [7, 11) is -0.478. The molecule has 0 atom stereocenters. The van der Waals surface area contributed by atoms with Gasteiger partial charge in [-0.05, 0) is 37.3 Å². The molecule has 0 aliphatic carbocycles. The van der Waals surface area contributed by atoms with Gasteiger partial charge in [0.05, 0.1) is 12.8 Å². The zero-order valence-electron chi connectivity index (χ0n) is 12.2. The van der Waals surface area contributed by atoms with Crippen LogP contribution in [0.3, 0.4) is 0 Å². The lowest BCUT2D eigenvalue weighted by atomic mass is 10.3. The summed E-state index contributed by atoms with van der Waals surface area (Å²) in [5, 5.41) is 0. The number of nitrogens with two attached hydrogens (primary N) is 1. The van der Waals surface area contributed by atoms with E-state index in [9.17, 15) is 8.42 Å². The van der Waals surface area contributed by atoms with Crippen molar-refractivity contribution in [1.29, 1.82) is 0 Å². The Hall–Kier alpha value is -1.57. The van der Waals surface area contributed by atoms with Gasteiger partial charge < -0.3 is 10.5 Å². The molecule has 1 heterocycles. The third kappa shape index (κ3) is 3.04. The molecular weight excluding hydrogens is 308 g/mol. The first-order chi connectivity index (χ1) is 9.90. The largest absolute Gasteiger partial charge is 0.497 e. The summed E-state index contributed by atoms with van der Waals surface area (Å²) in [4.78, 5) is 1.91. The number of methoxy groups -OCH3 is 1. The second-order valence-corrected chi connectivity index (χ2v) is 7.79. The number of sulfonamides is 1. The molecule has 0 radical (unpaired) electrons. The van der Waals surface area contributed by atoms with Crippen LogP contribution in [-0.2, 0) is 16.6 Å². The smallest absolute Gasteiger partial charge is 0.265 e. The van der Waals surface area contributed by atoms with Crippen molar-refractivity contribution in [2.45, 2.75) is 18.4 Å². The fourth-order valence-electron chi connectivity index (χ4n) is 1.96. The first kappa shape index (κ1) is 15.8. The summed E-state index contributed by atoms with van der Waals surface area (Å²) >= 11 is 1.41. The molecule has 0 amide bonds. The van der Waals surface area contributed by atoms with Crippen molar-refractivity contribution < 1.29 is 13.2 Å². The van der Waals surface area contributed by atoms with Gasteiger partial charge in [-0.1, -0.05) is 0 Å². The number of hydrogen-bond acceptors (Lipinski definition) is 5. The molecular formula is C14H18N2O3S2. The summed E-state index contributed by atoms with van der Waals surface area (Å²) in [5.74, 6) is 0.682. The van der Waals surface area contributed by atoms with Crippen LogP contribution in [0.4, 0.5) is 5.69 Å². The van der Waals surface area contributed by atoms with E-state index < -0.39 is 10.0 Å². The van der Waals surface area contributed by atoms with Crippen LogP contribution < -0.4 is 14.8 Å². The predicted octanol–water partition coefficient (Wildman–Crippen LogP) is 2.35. The van der Waals surface area contributed by atoms with Crippen LogP contribution in [0.1, 0.15) is 9.75 Å². The van der Waals surface area contributed by atoms with E-state index in [2.05, 4.69) is 0 Å². The minimum absolute atomic E-state index is 0.311. The van der Waals surface area contributed by atoms with Crippen molar-refractivity contribution >= 4 is 27.0 Å². The highest BCUT2D eigenvalue weighted by Gasteiger charge is 2.25. The van der Waals surface area contributed by atoms with Crippen LogP contribution in [0.2, 0.25) is 0 Å². The molecule has 1 aromatic heterocycles. The predicted molar refractivity (Wildman–Crippen MR) is 85.5 cm³/mol. The second kappa shape index (κ2) is 6.05. The highest BCUT2D eigenvalue weighted by atomic mass is 32.2. The zero-order chi connectivity index (χ0) is 15.6. The van der Waals surface area contributed by atoms with Crippen molar-refractivity contribution in [2.75, 3.05) is 18.5 Å². The molecule has 0 aliphatic heterocycles. The third-order valence-electron chi connectivity index (χ3n) is 3.20. The fraction of sp³-hybridized carbons (Fsp3) is 0.286. The van der Waals surface area contributed by atoms with Crippen LogP contribution in [-0.4, -0.2) is 22.6 Å². The van der Waals surface area contributed by atoms with Gasteiger partial charge in [0.1, 0.15) is 10.6 Å². The lowest BCUT2D eigenvalue weighted by molar-refractivity contribution is 0.415. The van der Waals surface area contributed by atoms with Crippen molar-refractivity contribution in [3.63, 3.8) is 0 Å². The summed E-state index contributed by atoms with van der Waals surface area (Å²) < 4.78 is 31.7. The zero-order valence-corrected chi connectivity index (χ0v) is 13.8. The molecule has 5 nitrogen and oxygen atoms in total. The van der Waals surface area contributed by atoms with Crippen LogP contribution in [0, 0.1) is 6.92 Å². The Balaban J connectivity index is 2.39. The lowest BCUT2D eigenvalue weighted by Gasteiger charge is -2.19. The van der Waals surface area contributed by atoms with E-state index >= 15 is 0 Å². The average Bonchev–Trinajstić information content (AvgIpc) is 2.88. The molecule has 0 saturated carbocycles. The molecule has 2 rings (SSSR count). The van der Waals surface area contributed by atoms with E-state index in [0.717, 1.165) is 9.75 Å². The molecule has 0 spiro atoms. The Morgan fingerprint density at radius 2 is 1.90 bits per heavy atom. The summed E-state index contributed by atoms with van der Waals surface area (Å²) in [6, 6.07) is 8.53. The molecule has 21 heavy (non-hydrogen) atoms. The molecule has 114 valence electrons. The monoisotopic (exact) mass is 326 g/mol. The fourth-order valence-corrected chi connectivity index (χ4v) is 4.64. The summed E-state index contributed by atoms with van der Waals surface area (Å²) in [6.07, 6.45) is 0. The Morgan fingerprint density at radius 3 is 2.38 bits per heavy atom. The van der Waals surface area contributed by atoms with Crippen LogP contribution in [0.25, 0.3) is 0 Å². The van der Waals surface area contributed by atoms with Crippen molar-refractivity contribution in [2.24, 2.45) is 5.73 Å². The van der Waals surface area contributed by atoms with Crippen molar-refractivity contribution in [3.05, 3.63) is 40.1 Å². The Morgan fingerprint density at radius 1 is 1.29 bits per heavy atom. The molecule has 0 saturated heterocycles.